The van der Waals surface area contributed by atoms with E-state index in [0.29, 0.717) is 34.9 Å². The number of carbonyl (C=O) groups is 1. The molecule has 0 aliphatic heterocycles. The number of para-hydroxylation sites is 1. The van der Waals surface area contributed by atoms with Gasteiger partial charge in [0.1, 0.15) is 5.82 Å². The second-order valence-corrected chi connectivity index (χ2v) is 10.1. The van der Waals surface area contributed by atoms with E-state index < -0.39 is 0 Å². The summed E-state index contributed by atoms with van der Waals surface area (Å²) >= 11 is 0. The topological polar surface area (TPSA) is 114 Å². The van der Waals surface area contributed by atoms with E-state index >= 15 is 0 Å². The highest BCUT2D eigenvalue weighted by atomic mass is 16.4. The minimum absolute atomic E-state index is 0.0288. The molecule has 0 spiro atoms. The Bertz CT molecular complexity index is 1400. The molecule has 0 bridgehead atoms. The summed E-state index contributed by atoms with van der Waals surface area (Å²) in [6.45, 7) is 4.18. The molecule has 1 saturated carbocycles. The Morgan fingerprint density at radius 2 is 1.75 bits per heavy atom. The summed E-state index contributed by atoms with van der Waals surface area (Å²) in [5, 5.41) is 12.4. The van der Waals surface area contributed by atoms with Gasteiger partial charge in [-0.05, 0) is 57.2 Å². The number of fused-ring (bicyclic) bond motifs is 1. The number of carbonyl (C=O) groups excluding carboxylic acids is 1. The van der Waals surface area contributed by atoms with Gasteiger partial charge in [0, 0.05) is 24.8 Å². The van der Waals surface area contributed by atoms with E-state index in [9.17, 15) is 9.59 Å². The lowest BCUT2D eigenvalue weighted by Crippen LogP contribution is -2.37. The van der Waals surface area contributed by atoms with E-state index in [4.69, 9.17) is 4.42 Å². The summed E-state index contributed by atoms with van der Waals surface area (Å²) in [6, 6.07) is 17.5. The quantitative estimate of drug-likeness (QED) is 0.401. The first-order valence-electron chi connectivity index (χ1n) is 12.6. The number of aromatic amines is 1. The van der Waals surface area contributed by atoms with Gasteiger partial charge < -0.3 is 14.7 Å². The van der Waals surface area contributed by atoms with E-state index in [2.05, 4.69) is 51.5 Å². The zero-order valence-corrected chi connectivity index (χ0v) is 20.7. The summed E-state index contributed by atoms with van der Waals surface area (Å²) < 4.78 is 6.14. The van der Waals surface area contributed by atoms with Crippen molar-refractivity contribution in [3.63, 3.8) is 0 Å². The molecule has 2 N–H and O–H groups in total. The predicted octanol–water partition coefficient (Wildman–Crippen LogP) is 4.41. The first kappa shape index (κ1) is 23.9. The molecule has 1 aliphatic carbocycles. The van der Waals surface area contributed by atoms with E-state index in [1.807, 2.05) is 36.4 Å². The number of hydrogen-bond acceptors (Lipinski definition) is 6. The summed E-state index contributed by atoms with van der Waals surface area (Å²) in [4.78, 5) is 32.0. The maximum Gasteiger partial charge on any atom is 0.258 e. The van der Waals surface area contributed by atoms with Gasteiger partial charge in [-0.3, -0.25) is 9.59 Å². The highest BCUT2D eigenvalue weighted by Crippen LogP contribution is 2.35. The Morgan fingerprint density at radius 3 is 2.53 bits per heavy atom. The van der Waals surface area contributed by atoms with Crippen molar-refractivity contribution in [2.75, 3.05) is 0 Å². The lowest BCUT2D eigenvalue weighted by Gasteiger charge is -2.27. The number of hydrogen-bond donors (Lipinski definition) is 2. The fraction of sp³-hybridized carbons (Fsp3) is 0.393. The third-order valence-corrected chi connectivity index (χ3v) is 7.16. The standard InChI is InChI=1S/C28H31N5O3/c1-28(2,19-8-4-3-5-9-19)27-33-32-26(36-27)18-12-14-20(15-13-18)29-24(34)17-16-23-30-22-11-7-6-10-21(22)25(35)31-23/h3-11,18,20H,12-17H2,1-2H3,(H,29,34)(H,30,31,35). The number of benzene rings is 2. The molecule has 0 radical (unpaired) electrons. The molecular formula is C28H31N5O3. The molecule has 1 aliphatic rings. The number of rotatable bonds is 7. The highest BCUT2D eigenvalue weighted by Gasteiger charge is 2.32. The Balaban J connectivity index is 1.12. The molecular weight excluding hydrogens is 454 g/mol. The van der Waals surface area contributed by atoms with Crippen LogP contribution in [0.1, 0.15) is 75.0 Å². The average Bonchev–Trinajstić information content (AvgIpc) is 3.40. The van der Waals surface area contributed by atoms with Crippen molar-refractivity contribution in [3.05, 3.63) is 88.1 Å². The van der Waals surface area contributed by atoms with Gasteiger partial charge in [-0.2, -0.15) is 0 Å². The molecule has 5 rings (SSSR count). The molecule has 8 nitrogen and oxygen atoms in total. The number of nitrogens with one attached hydrogen (secondary N) is 2. The highest BCUT2D eigenvalue weighted by molar-refractivity contribution is 5.78. The van der Waals surface area contributed by atoms with Crippen LogP contribution in [0.2, 0.25) is 0 Å². The second-order valence-electron chi connectivity index (χ2n) is 10.1. The smallest absolute Gasteiger partial charge is 0.258 e. The maximum atomic E-state index is 12.6. The Labute approximate surface area is 209 Å². The van der Waals surface area contributed by atoms with E-state index in [0.717, 1.165) is 31.2 Å². The van der Waals surface area contributed by atoms with Crippen LogP contribution < -0.4 is 10.9 Å². The van der Waals surface area contributed by atoms with Crippen LogP contribution in [0, 0.1) is 0 Å². The Kier molecular flexibility index (Phi) is 6.67. The third-order valence-electron chi connectivity index (χ3n) is 7.16. The van der Waals surface area contributed by atoms with Crippen LogP contribution in [-0.2, 0) is 16.6 Å². The minimum Gasteiger partial charge on any atom is -0.424 e. The van der Waals surface area contributed by atoms with Crippen molar-refractivity contribution in [2.45, 2.75) is 69.7 Å². The molecule has 2 aromatic carbocycles. The van der Waals surface area contributed by atoms with Crippen molar-refractivity contribution >= 4 is 16.8 Å². The monoisotopic (exact) mass is 485 g/mol. The fourth-order valence-electron chi connectivity index (χ4n) is 4.90. The summed E-state index contributed by atoms with van der Waals surface area (Å²) in [6.07, 6.45) is 4.17. The maximum absolute atomic E-state index is 12.6. The lowest BCUT2D eigenvalue weighted by atomic mass is 9.84. The fourth-order valence-corrected chi connectivity index (χ4v) is 4.90. The lowest BCUT2D eigenvalue weighted by molar-refractivity contribution is -0.122. The zero-order chi connectivity index (χ0) is 25.1. The molecule has 0 unspecified atom stereocenters. The molecule has 8 heteroatoms. The number of nitrogens with zero attached hydrogens (tertiary/aromatic N) is 3. The van der Waals surface area contributed by atoms with E-state index in [1.54, 1.807) is 6.07 Å². The predicted molar refractivity (Wildman–Crippen MR) is 137 cm³/mol. The minimum atomic E-state index is -0.359. The third kappa shape index (κ3) is 5.08. The largest absolute Gasteiger partial charge is 0.424 e. The van der Waals surface area contributed by atoms with Crippen LogP contribution in [-0.4, -0.2) is 32.1 Å². The SMILES string of the molecule is CC(C)(c1ccccc1)c1nnc(C2CCC(NC(=O)CCc3nc4ccccc4c(=O)[nH]3)CC2)o1. The molecule has 4 aromatic rings. The summed E-state index contributed by atoms with van der Waals surface area (Å²) in [5.74, 6) is 2.02. The van der Waals surface area contributed by atoms with Crippen LogP contribution in [0.15, 0.2) is 63.8 Å². The molecule has 2 aromatic heterocycles. The molecule has 1 amide bonds. The first-order valence-corrected chi connectivity index (χ1v) is 12.6. The van der Waals surface area contributed by atoms with Crippen LogP contribution >= 0.6 is 0 Å². The summed E-state index contributed by atoms with van der Waals surface area (Å²) in [7, 11) is 0. The first-order chi connectivity index (χ1) is 17.4. The van der Waals surface area contributed by atoms with Gasteiger partial charge in [-0.15, -0.1) is 10.2 Å². The number of amides is 1. The molecule has 0 saturated heterocycles. The molecule has 1 fully saturated rings. The Hall–Kier alpha value is -3.81. The van der Waals surface area contributed by atoms with Gasteiger partial charge in [0.15, 0.2) is 0 Å². The number of aryl methyl sites for hydroxylation is 1. The van der Waals surface area contributed by atoms with Gasteiger partial charge in [-0.1, -0.05) is 42.5 Å². The van der Waals surface area contributed by atoms with Crippen molar-refractivity contribution < 1.29 is 9.21 Å². The second kappa shape index (κ2) is 10.0. The zero-order valence-electron chi connectivity index (χ0n) is 20.7. The van der Waals surface area contributed by atoms with Crippen molar-refractivity contribution in [1.29, 1.82) is 0 Å². The van der Waals surface area contributed by atoms with Crippen LogP contribution in [0.3, 0.4) is 0 Å². The van der Waals surface area contributed by atoms with Crippen LogP contribution in [0.5, 0.6) is 0 Å². The summed E-state index contributed by atoms with van der Waals surface area (Å²) in [5.41, 5.74) is 1.24. The number of H-pyrrole nitrogens is 1. The Morgan fingerprint density at radius 1 is 1.03 bits per heavy atom. The van der Waals surface area contributed by atoms with Gasteiger partial charge in [-0.25, -0.2) is 4.98 Å². The van der Waals surface area contributed by atoms with Crippen LogP contribution in [0.25, 0.3) is 10.9 Å². The van der Waals surface area contributed by atoms with Crippen molar-refractivity contribution in [3.8, 4) is 0 Å². The molecule has 2 heterocycles. The normalized spacial score (nSPS) is 18.3. The van der Waals surface area contributed by atoms with E-state index in [1.165, 1.54) is 0 Å². The molecule has 36 heavy (non-hydrogen) atoms. The van der Waals surface area contributed by atoms with Crippen molar-refractivity contribution in [1.82, 2.24) is 25.5 Å². The van der Waals surface area contributed by atoms with Gasteiger partial charge in [0.2, 0.25) is 17.7 Å². The molecule has 186 valence electrons. The van der Waals surface area contributed by atoms with Crippen LogP contribution in [0.4, 0.5) is 0 Å². The van der Waals surface area contributed by atoms with E-state index in [-0.39, 0.29) is 35.3 Å². The van der Waals surface area contributed by atoms with Gasteiger partial charge in [0.05, 0.1) is 16.3 Å². The average molecular weight is 486 g/mol. The van der Waals surface area contributed by atoms with Crippen molar-refractivity contribution in [2.24, 2.45) is 0 Å². The number of aromatic nitrogens is 4. The van der Waals surface area contributed by atoms with Gasteiger partial charge >= 0.3 is 0 Å². The van der Waals surface area contributed by atoms with Gasteiger partial charge in [0.25, 0.3) is 5.56 Å². The molecule has 0 atom stereocenters.